The molecule has 3 N–H and O–H groups in total. The molecule has 0 saturated heterocycles. The Bertz CT molecular complexity index is 349. The number of phenols is 1. The van der Waals surface area contributed by atoms with Gasteiger partial charge in [-0.1, -0.05) is 0 Å². The largest absolute Gasteiger partial charge is 0.506 e. The van der Waals surface area contributed by atoms with Crippen LogP contribution in [0, 0.1) is 3.57 Å². The number of hydrogen-bond donors (Lipinski definition) is 2. The number of hydrogen-bond acceptors (Lipinski definition) is 2. The Kier molecular flexibility index (Phi) is 2.47. The van der Waals surface area contributed by atoms with Gasteiger partial charge in [0, 0.05) is 12.1 Å². The van der Waals surface area contributed by atoms with Crippen LogP contribution in [-0.2, 0) is 19.4 Å². The summed E-state index contributed by atoms with van der Waals surface area (Å²) in [6.45, 7) is 0.449. The molecule has 0 aromatic heterocycles. The Hall–Kier alpha value is -0.290. The molecular weight excluding hydrogens is 277 g/mol. The topological polar surface area (TPSA) is 46.2 Å². The van der Waals surface area contributed by atoms with Gasteiger partial charge in [-0.2, -0.15) is 0 Å². The maximum absolute atomic E-state index is 9.77. The van der Waals surface area contributed by atoms with Crippen LogP contribution in [0.25, 0.3) is 0 Å². The van der Waals surface area contributed by atoms with E-state index in [1.54, 1.807) is 0 Å². The van der Waals surface area contributed by atoms with E-state index >= 15 is 0 Å². The zero-order valence-electron chi connectivity index (χ0n) is 7.31. The molecule has 3 heteroatoms. The second-order valence-electron chi connectivity index (χ2n) is 3.38. The number of rotatable bonds is 1. The molecule has 0 atom stereocenters. The van der Waals surface area contributed by atoms with Crippen LogP contribution in [0.15, 0.2) is 6.07 Å². The number of nitrogens with two attached hydrogens (primary N) is 1. The van der Waals surface area contributed by atoms with Gasteiger partial charge in [0.2, 0.25) is 0 Å². The fraction of sp³-hybridized carbons (Fsp3) is 0.400. The van der Waals surface area contributed by atoms with Gasteiger partial charge in [-0.25, -0.2) is 0 Å². The van der Waals surface area contributed by atoms with Crippen molar-refractivity contribution in [3.05, 3.63) is 26.3 Å². The number of aryl methyl sites for hydroxylation is 1. The van der Waals surface area contributed by atoms with Crippen molar-refractivity contribution in [1.29, 1.82) is 0 Å². The Morgan fingerprint density at radius 2 is 2.23 bits per heavy atom. The van der Waals surface area contributed by atoms with Crippen LogP contribution in [0.4, 0.5) is 0 Å². The van der Waals surface area contributed by atoms with E-state index in [1.807, 2.05) is 0 Å². The normalized spacial score (nSPS) is 14.6. The first kappa shape index (κ1) is 9.27. The number of halogens is 1. The first-order chi connectivity index (χ1) is 6.24. The quantitative estimate of drug-likeness (QED) is 0.776. The van der Waals surface area contributed by atoms with Crippen molar-refractivity contribution in [2.75, 3.05) is 0 Å². The van der Waals surface area contributed by atoms with Crippen molar-refractivity contribution < 1.29 is 5.11 Å². The molecule has 0 amide bonds. The molecule has 0 fully saturated rings. The molecule has 1 aromatic carbocycles. The van der Waals surface area contributed by atoms with Gasteiger partial charge in [0.05, 0.1) is 3.57 Å². The third kappa shape index (κ3) is 1.44. The summed E-state index contributed by atoms with van der Waals surface area (Å²) in [5.41, 5.74) is 9.26. The predicted molar refractivity (Wildman–Crippen MR) is 60.7 cm³/mol. The second kappa shape index (κ2) is 3.46. The molecule has 0 heterocycles. The highest BCUT2D eigenvalue weighted by Crippen LogP contribution is 2.34. The summed E-state index contributed by atoms with van der Waals surface area (Å²) in [7, 11) is 0. The average molecular weight is 289 g/mol. The van der Waals surface area contributed by atoms with E-state index in [1.165, 1.54) is 17.5 Å². The van der Waals surface area contributed by atoms with Crippen LogP contribution in [0.2, 0.25) is 0 Å². The van der Waals surface area contributed by atoms with Crippen molar-refractivity contribution in [1.82, 2.24) is 0 Å². The van der Waals surface area contributed by atoms with Gasteiger partial charge in [0.1, 0.15) is 5.75 Å². The lowest BCUT2D eigenvalue weighted by molar-refractivity contribution is 0.463. The molecule has 1 aromatic rings. The summed E-state index contributed by atoms with van der Waals surface area (Å²) in [5.74, 6) is 0.392. The second-order valence-corrected chi connectivity index (χ2v) is 4.54. The Balaban J connectivity index is 2.64. The standard InChI is InChI=1S/C10H12INO/c11-9-4-6-2-1-3-7(6)8(5-12)10(9)13/h4,13H,1-3,5,12H2. The Labute approximate surface area is 91.3 Å². The molecule has 0 aliphatic heterocycles. The lowest BCUT2D eigenvalue weighted by Crippen LogP contribution is -2.03. The van der Waals surface area contributed by atoms with Gasteiger partial charge in [-0.05, 0) is 59.0 Å². The summed E-state index contributed by atoms with van der Waals surface area (Å²) < 4.78 is 0.929. The van der Waals surface area contributed by atoms with E-state index < -0.39 is 0 Å². The van der Waals surface area contributed by atoms with Crippen LogP contribution in [0.1, 0.15) is 23.1 Å². The average Bonchev–Trinajstić information content (AvgIpc) is 2.54. The number of aromatic hydroxyl groups is 1. The van der Waals surface area contributed by atoms with Crippen LogP contribution < -0.4 is 5.73 Å². The monoisotopic (exact) mass is 289 g/mol. The van der Waals surface area contributed by atoms with E-state index in [2.05, 4.69) is 28.7 Å². The number of phenolic OH excluding ortho intramolecular Hbond substituents is 1. The van der Waals surface area contributed by atoms with Crippen LogP contribution in [0.3, 0.4) is 0 Å². The van der Waals surface area contributed by atoms with E-state index in [9.17, 15) is 5.11 Å². The minimum absolute atomic E-state index is 0.392. The minimum atomic E-state index is 0.392. The van der Waals surface area contributed by atoms with Gasteiger partial charge in [0.25, 0.3) is 0 Å². The molecule has 13 heavy (non-hydrogen) atoms. The van der Waals surface area contributed by atoms with Gasteiger partial charge in [-0.3, -0.25) is 0 Å². The molecule has 0 bridgehead atoms. The molecule has 0 spiro atoms. The smallest absolute Gasteiger partial charge is 0.133 e. The molecule has 0 unspecified atom stereocenters. The summed E-state index contributed by atoms with van der Waals surface area (Å²) in [4.78, 5) is 0. The molecule has 2 nitrogen and oxygen atoms in total. The molecule has 2 rings (SSSR count). The predicted octanol–water partition coefficient (Wildman–Crippen LogP) is 1.94. The Morgan fingerprint density at radius 1 is 1.46 bits per heavy atom. The third-order valence-corrected chi connectivity index (χ3v) is 3.46. The summed E-state index contributed by atoms with van der Waals surface area (Å²) >= 11 is 2.16. The lowest BCUT2D eigenvalue weighted by atomic mass is 10.0. The van der Waals surface area contributed by atoms with Gasteiger partial charge >= 0.3 is 0 Å². The summed E-state index contributed by atoms with van der Waals surface area (Å²) in [6.07, 6.45) is 3.41. The van der Waals surface area contributed by atoms with E-state index in [-0.39, 0.29) is 0 Å². The van der Waals surface area contributed by atoms with Crippen LogP contribution in [-0.4, -0.2) is 5.11 Å². The van der Waals surface area contributed by atoms with Crippen molar-refractivity contribution in [3.8, 4) is 5.75 Å². The lowest BCUT2D eigenvalue weighted by Gasteiger charge is -2.10. The minimum Gasteiger partial charge on any atom is -0.506 e. The van der Waals surface area contributed by atoms with Gasteiger partial charge in [0.15, 0.2) is 0 Å². The number of fused-ring (bicyclic) bond motifs is 1. The zero-order chi connectivity index (χ0) is 9.42. The molecule has 1 aliphatic rings. The maximum Gasteiger partial charge on any atom is 0.133 e. The molecular formula is C10H12INO. The number of benzene rings is 1. The first-order valence-corrected chi connectivity index (χ1v) is 5.54. The van der Waals surface area contributed by atoms with Crippen LogP contribution in [0.5, 0.6) is 5.75 Å². The maximum atomic E-state index is 9.77. The first-order valence-electron chi connectivity index (χ1n) is 4.46. The van der Waals surface area contributed by atoms with Gasteiger partial charge < -0.3 is 10.8 Å². The van der Waals surface area contributed by atoms with Crippen molar-refractivity contribution in [3.63, 3.8) is 0 Å². The van der Waals surface area contributed by atoms with Crippen molar-refractivity contribution >= 4 is 22.6 Å². The summed E-state index contributed by atoms with van der Waals surface area (Å²) in [5, 5.41) is 9.77. The third-order valence-electron chi connectivity index (χ3n) is 2.64. The molecule has 70 valence electrons. The van der Waals surface area contributed by atoms with Gasteiger partial charge in [-0.15, -0.1) is 0 Å². The highest BCUT2D eigenvalue weighted by Gasteiger charge is 2.18. The van der Waals surface area contributed by atoms with E-state index in [0.717, 1.165) is 22.0 Å². The molecule has 1 aliphatic carbocycles. The zero-order valence-corrected chi connectivity index (χ0v) is 9.47. The fourth-order valence-electron chi connectivity index (χ4n) is 2.00. The summed E-state index contributed by atoms with van der Waals surface area (Å²) in [6, 6.07) is 2.08. The highest BCUT2D eigenvalue weighted by molar-refractivity contribution is 14.1. The highest BCUT2D eigenvalue weighted by atomic mass is 127. The van der Waals surface area contributed by atoms with Crippen molar-refractivity contribution in [2.24, 2.45) is 5.73 Å². The molecule has 0 saturated carbocycles. The van der Waals surface area contributed by atoms with Crippen LogP contribution >= 0.6 is 22.6 Å². The van der Waals surface area contributed by atoms with E-state index in [0.29, 0.717) is 12.3 Å². The van der Waals surface area contributed by atoms with Crippen molar-refractivity contribution in [2.45, 2.75) is 25.8 Å². The van der Waals surface area contributed by atoms with E-state index in [4.69, 9.17) is 5.73 Å². The Morgan fingerprint density at radius 3 is 2.92 bits per heavy atom. The SMILES string of the molecule is NCc1c(O)c(I)cc2c1CCC2. The molecule has 0 radical (unpaired) electrons. The fourth-order valence-corrected chi connectivity index (χ4v) is 2.70.